The van der Waals surface area contributed by atoms with Crippen LogP contribution in [-0.2, 0) is 4.79 Å². The van der Waals surface area contributed by atoms with Gasteiger partial charge in [0.05, 0.1) is 0 Å². The Labute approximate surface area is 93.8 Å². The fourth-order valence-electron chi connectivity index (χ4n) is 1.33. The zero-order valence-corrected chi connectivity index (χ0v) is 10.4. The molecule has 0 saturated carbocycles. The molecule has 0 aromatic rings. The summed E-state index contributed by atoms with van der Waals surface area (Å²) in [4.78, 5) is 11.4. The van der Waals surface area contributed by atoms with Crippen LogP contribution in [0.15, 0.2) is 0 Å². The second-order valence-corrected chi connectivity index (χ2v) is 4.54. The lowest BCUT2D eigenvalue weighted by atomic mass is 10.0. The molecule has 2 unspecified atom stereocenters. The van der Waals surface area contributed by atoms with E-state index in [4.69, 9.17) is 5.73 Å². The largest absolute Gasteiger partial charge is 0.356 e. The van der Waals surface area contributed by atoms with Crippen LogP contribution in [0.25, 0.3) is 0 Å². The maximum atomic E-state index is 11.4. The Kier molecular flexibility index (Phi) is 8.38. The molecule has 0 bridgehead atoms. The predicted molar refractivity (Wildman–Crippen MR) is 64.5 cm³/mol. The van der Waals surface area contributed by atoms with Crippen LogP contribution in [0.1, 0.15) is 46.5 Å². The van der Waals surface area contributed by atoms with Crippen LogP contribution in [0.5, 0.6) is 0 Å². The highest BCUT2D eigenvalue weighted by molar-refractivity contribution is 5.75. The molecule has 0 aromatic carbocycles. The van der Waals surface area contributed by atoms with Gasteiger partial charge >= 0.3 is 0 Å². The second kappa shape index (κ2) is 8.72. The van der Waals surface area contributed by atoms with E-state index in [-0.39, 0.29) is 5.91 Å². The summed E-state index contributed by atoms with van der Waals surface area (Å²) in [7, 11) is 0. The minimum absolute atomic E-state index is 0.180. The van der Waals surface area contributed by atoms with Crippen LogP contribution < -0.4 is 11.1 Å². The Balaban J connectivity index is 3.48. The van der Waals surface area contributed by atoms with Gasteiger partial charge in [0, 0.05) is 13.0 Å². The first kappa shape index (κ1) is 14.4. The molecule has 0 heterocycles. The van der Waals surface area contributed by atoms with Crippen LogP contribution in [0.2, 0.25) is 0 Å². The molecule has 0 saturated heterocycles. The Morgan fingerprint density at radius 3 is 2.47 bits per heavy atom. The molecule has 0 aliphatic heterocycles. The van der Waals surface area contributed by atoms with Crippen molar-refractivity contribution in [3.63, 3.8) is 0 Å². The predicted octanol–water partition coefficient (Wildman–Crippen LogP) is 1.91. The van der Waals surface area contributed by atoms with Gasteiger partial charge in [0.25, 0.3) is 0 Å². The van der Waals surface area contributed by atoms with Gasteiger partial charge in [-0.15, -0.1) is 0 Å². The van der Waals surface area contributed by atoms with Crippen molar-refractivity contribution >= 4 is 5.91 Å². The monoisotopic (exact) mass is 214 g/mol. The molecule has 15 heavy (non-hydrogen) atoms. The van der Waals surface area contributed by atoms with E-state index in [1.165, 1.54) is 0 Å². The third kappa shape index (κ3) is 8.43. The highest BCUT2D eigenvalue weighted by Crippen LogP contribution is 2.08. The second-order valence-electron chi connectivity index (χ2n) is 4.54. The first-order valence-corrected chi connectivity index (χ1v) is 6.06. The summed E-state index contributed by atoms with van der Waals surface area (Å²) in [5.41, 5.74) is 5.45. The lowest BCUT2D eigenvalue weighted by Gasteiger charge is -2.12. The summed E-state index contributed by atoms with van der Waals surface area (Å²) in [5.74, 6) is 1.32. The molecule has 0 aliphatic carbocycles. The van der Waals surface area contributed by atoms with Gasteiger partial charge in [-0.2, -0.15) is 0 Å². The highest BCUT2D eigenvalue weighted by atomic mass is 16.1. The average Bonchev–Trinajstić information content (AvgIpc) is 2.23. The van der Waals surface area contributed by atoms with Gasteiger partial charge in [-0.1, -0.05) is 27.2 Å². The molecule has 0 rings (SSSR count). The van der Waals surface area contributed by atoms with E-state index in [0.717, 1.165) is 32.4 Å². The fraction of sp³-hybridized carbons (Fsp3) is 0.917. The third-order valence-corrected chi connectivity index (χ3v) is 2.87. The van der Waals surface area contributed by atoms with Gasteiger partial charge in [-0.05, 0) is 31.2 Å². The summed E-state index contributed by atoms with van der Waals surface area (Å²) in [6.45, 7) is 7.96. The Bertz CT molecular complexity index is 171. The molecule has 90 valence electrons. The standard InChI is InChI=1S/C12H26N2O/c1-4-10(2)9-14-12(15)6-5-11(3)7-8-13/h10-11H,4-9,13H2,1-3H3,(H,14,15). The van der Waals surface area contributed by atoms with Gasteiger partial charge in [0.15, 0.2) is 0 Å². The van der Waals surface area contributed by atoms with E-state index in [1.807, 2.05) is 0 Å². The smallest absolute Gasteiger partial charge is 0.220 e. The molecular weight excluding hydrogens is 188 g/mol. The van der Waals surface area contributed by atoms with Crippen molar-refractivity contribution in [2.45, 2.75) is 46.5 Å². The fourth-order valence-corrected chi connectivity index (χ4v) is 1.33. The number of carbonyl (C=O) groups excluding carboxylic acids is 1. The van der Waals surface area contributed by atoms with Crippen LogP contribution in [0.4, 0.5) is 0 Å². The minimum atomic E-state index is 0.180. The first-order valence-electron chi connectivity index (χ1n) is 6.06. The van der Waals surface area contributed by atoms with Crippen molar-refractivity contribution < 1.29 is 4.79 Å². The summed E-state index contributed by atoms with van der Waals surface area (Å²) in [6.07, 6.45) is 3.71. The number of rotatable bonds is 8. The Morgan fingerprint density at radius 2 is 1.93 bits per heavy atom. The topological polar surface area (TPSA) is 55.1 Å². The van der Waals surface area contributed by atoms with Gasteiger partial charge in [-0.3, -0.25) is 4.79 Å². The maximum absolute atomic E-state index is 11.4. The summed E-state index contributed by atoms with van der Waals surface area (Å²) >= 11 is 0. The first-order chi connectivity index (χ1) is 7.10. The van der Waals surface area contributed by atoms with E-state index in [2.05, 4.69) is 26.1 Å². The Hall–Kier alpha value is -0.570. The lowest BCUT2D eigenvalue weighted by Crippen LogP contribution is -2.28. The van der Waals surface area contributed by atoms with Crippen molar-refractivity contribution in [3.05, 3.63) is 0 Å². The molecule has 3 N–H and O–H groups in total. The van der Waals surface area contributed by atoms with Crippen LogP contribution >= 0.6 is 0 Å². The summed E-state index contributed by atoms with van der Waals surface area (Å²) in [5, 5.41) is 2.96. The van der Waals surface area contributed by atoms with Crippen molar-refractivity contribution in [1.82, 2.24) is 5.32 Å². The minimum Gasteiger partial charge on any atom is -0.356 e. The van der Waals surface area contributed by atoms with Crippen molar-refractivity contribution in [2.24, 2.45) is 17.6 Å². The lowest BCUT2D eigenvalue weighted by molar-refractivity contribution is -0.121. The average molecular weight is 214 g/mol. The van der Waals surface area contributed by atoms with E-state index < -0.39 is 0 Å². The SMILES string of the molecule is CCC(C)CNC(=O)CCC(C)CCN. The summed E-state index contributed by atoms with van der Waals surface area (Å²) < 4.78 is 0. The third-order valence-electron chi connectivity index (χ3n) is 2.87. The molecule has 2 atom stereocenters. The van der Waals surface area contributed by atoms with Crippen molar-refractivity contribution in [1.29, 1.82) is 0 Å². The zero-order chi connectivity index (χ0) is 11.7. The quantitative estimate of drug-likeness (QED) is 0.648. The van der Waals surface area contributed by atoms with Gasteiger partial charge < -0.3 is 11.1 Å². The van der Waals surface area contributed by atoms with Gasteiger partial charge in [-0.25, -0.2) is 0 Å². The number of nitrogens with one attached hydrogen (secondary N) is 1. The summed E-state index contributed by atoms with van der Waals surface area (Å²) in [6, 6.07) is 0. The van der Waals surface area contributed by atoms with Gasteiger partial charge in [0.1, 0.15) is 0 Å². The molecule has 0 spiro atoms. The highest BCUT2D eigenvalue weighted by Gasteiger charge is 2.06. The number of hydrogen-bond donors (Lipinski definition) is 2. The molecule has 1 amide bonds. The maximum Gasteiger partial charge on any atom is 0.220 e. The molecular formula is C12H26N2O. The molecule has 3 heteroatoms. The Morgan fingerprint density at radius 1 is 1.27 bits per heavy atom. The van der Waals surface area contributed by atoms with E-state index in [9.17, 15) is 4.79 Å². The van der Waals surface area contributed by atoms with Gasteiger partial charge in [0.2, 0.25) is 5.91 Å². The molecule has 0 aliphatic rings. The molecule has 0 aromatic heterocycles. The number of hydrogen-bond acceptors (Lipinski definition) is 2. The number of carbonyl (C=O) groups is 1. The van der Waals surface area contributed by atoms with Crippen LogP contribution in [0.3, 0.4) is 0 Å². The van der Waals surface area contributed by atoms with E-state index in [1.54, 1.807) is 0 Å². The van der Waals surface area contributed by atoms with Crippen LogP contribution in [0, 0.1) is 11.8 Å². The van der Waals surface area contributed by atoms with Crippen LogP contribution in [-0.4, -0.2) is 19.0 Å². The van der Waals surface area contributed by atoms with Crippen molar-refractivity contribution in [3.8, 4) is 0 Å². The molecule has 0 fully saturated rings. The number of nitrogens with two attached hydrogens (primary N) is 1. The molecule has 0 radical (unpaired) electrons. The molecule has 3 nitrogen and oxygen atoms in total. The zero-order valence-electron chi connectivity index (χ0n) is 10.4. The van der Waals surface area contributed by atoms with Crippen molar-refractivity contribution in [2.75, 3.05) is 13.1 Å². The number of amides is 1. The normalized spacial score (nSPS) is 14.7. The van der Waals surface area contributed by atoms with E-state index >= 15 is 0 Å². The van der Waals surface area contributed by atoms with E-state index in [0.29, 0.717) is 18.3 Å².